The first-order valence-electron chi connectivity index (χ1n) is 10.7. The van der Waals surface area contributed by atoms with Crippen LogP contribution in [-0.2, 0) is 16.1 Å². The molecule has 0 bridgehead atoms. The molecule has 8 nitrogen and oxygen atoms in total. The first-order chi connectivity index (χ1) is 16.0. The van der Waals surface area contributed by atoms with E-state index in [0.717, 1.165) is 33.7 Å². The van der Waals surface area contributed by atoms with Crippen molar-refractivity contribution >= 4 is 29.1 Å². The molecule has 0 radical (unpaired) electrons. The van der Waals surface area contributed by atoms with Gasteiger partial charge in [0.1, 0.15) is 6.54 Å². The third kappa shape index (κ3) is 4.69. The topological polar surface area (TPSA) is 90.5 Å². The number of hydrazone groups is 1. The Morgan fingerprint density at radius 1 is 1.12 bits per heavy atom. The Morgan fingerprint density at radius 3 is 2.64 bits per heavy atom. The second-order valence-corrected chi connectivity index (χ2v) is 7.58. The molecule has 8 heteroatoms. The Morgan fingerprint density at radius 2 is 1.88 bits per heavy atom. The Kier molecular flexibility index (Phi) is 6.35. The number of benzene rings is 2. The van der Waals surface area contributed by atoms with Crippen molar-refractivity contribution in [3.05, 3.63) is 83.4 Å². The Balaban J connectivity index is 1.44. The third-order valence-electron chi connectivity index (χ3n) is 5.34. The number of para-hydroxylation sites is 2. The lowest BCUT2D eigenvalue weighted by atomic mass is 10.2. The quantitative estimate of drug-likeness (QED) is 0.267. The summed E-state index contributed by atoms with van der Waals surface area (Å²) in [4.78, 5) is 28.5. The molecule has 4 aromatic rings. The van der Waals surface area contributed by atoms with Crippen molar-refractivity contribution in [3.8, 4) is 5.69 Å². The van der Waals surface area contributed by atoms with E-state index in [4.69, 9.17) is 4.74 Å². The summed E-state index contributed by atoms with van der Waals surface area (Å²) < 4.78 is 8.89. The second-order valence-electron chi connectivity index (χ2n) is 7.58. The van der Waals surface area contributed by atoms with Crippen LogP contribution in [-0.4, -0.2) is 38.8 Å². The van der Waals surface area contributed by atoms with Crippen LogP contribution < -0.4 is 5.43 Å². The Labute approximate surface area is 191 Å². The highest BCUT2D eigenvalue weighted by molar-refractivity contribution is 5.89. The first-order valence-corrected chi connectivity index (χ1v) is 10.7. The molecule has 0 spiro atoms. The molecule has 4 rings (SSSR count). The zero-order valence-electron chi connectivity index (χ0n) is 18.8. The van der Waals surface area contributed by atoms with Gasteiger partial charge in [0, 0.05) is 22.6 Å². The third-order valence-corrected chi connectivity index (χ3v) is 5.34. The molecule has 1 amide bonds. The molecule has 0 atom stereocenters. The van der Waals surface area contributed by atoms with Crippen molar-refractivity contribution in [2.24, 2.45) is 5.10 Å². The van der Waals surface area contributed by atoms with E-state index in [2.05, 4.69) is 20.1 Å². The number of esters is 1. The molecule has 2 heterocycles. The average molecular weight is 444 g/mol. The summed E-state index contributed by atoms with van der Waals surface area (Å²) in [6.07, 6.45) is 3.28. The van der Waals surface area contributed by atoms with Crippen molar-refractivity contribution in [1.29, 1.82) is 0 Å². The van der Waals surface area contributed by atoms with Gasteiger partial charge < -0.3 is 13.9 Å². The van der Waals surface area contributed by atoms with Crippen LogP contribution in [0.2, 0.25) is 0 Å². The van der Waals surface area contributed by atoms with Gasteiger partial charge in [-0.05, 0) is 63.2 Å². The predicted octanol–water partition coefficient (Wildman–Crippen LogP) is 3.77. The summed E-state index contributed by atoms with van der Waals surface area (Å²) in [6, 6.07) is 16.9. The lowest BCUT2D eigenvalue weighted by molar-refractivity contribution is -0.121. The normalized spacial score (nSPS) is 11.2. The van der Waals surface area contributed by atoms with Crippen LogP contribution in [0.1, 0.15) is 34.2 Å². The SMILES string of the molecule is CCOC(=O)c1ccc(-n2c(C)cc(/C=N\NC(=O)Cn3cnc4ccccc43)c2C)cc1. The van der Waals surface area contributed by atoms with Gasteiger partial charge in [-0.15, -0.1) is 0 Å². The van der Waals surface area contributed by atoms with Gasteiger partial charge in [-0.1, -0.05) is 12.1 Å². The summed E-state index contributed by atoms with van der Waals surface area (Å²) in [7, 11) is 0. The van der Waals surface area contributed by atoms with E-state index >= 15 is 0 Å². The van der Waals surface area contributed by atoms with E-state index in [1.807, 2.05) is 56.3 Å². The molecule has 168 valence electrons. The van der Waals surface area contributed by atoms with Gasteiger partial charge >= 0.3 is 5.97 Å². The summed E-state index contributed by atoms with van der Waals surface area (Å²) in [5.74, 6) is -0.574. The van der Waals surface area contributed by atoms with Crippen LogP contribution in [0, 0.1) is 13.8 Å². The molecular weight excluding hydrogens is 418 g/mol. The van der Waals surface area contributed by atoms with E-state index < -0.39 is 0 Å². The Hall–Kier alpha value is -4.20. The Bertz CT molecular complexity index is 1330. The number of imidazole rings is 1. The number of aromatic nitrogens is 3. The van der Waals surface area contributed by atoms with Crippen LogP contribution >= 0.6 is 0 Å². The smallest absolute Gasteiger partial charge is 0.338 e. The fourth-order valence-electron chi connectivity index (χ4n) is 3.78. The number of hydrogen-bond donors (Lipinski definition) is 1. The summed E-state index contributed by atoms with van der Waals surface area (Å²) in [6.45, 7) is 6.22. The van der Waals surface area contributed by atoms with Crippen molar-refractivity contribution in [2.45, 2.75) is 27.3 Å². The molecule has 2 aromatic carbocycles. The van der Waals surface area contributed by atoms with Gasteiger partial charge in [0.15, 0.2) is 0 Å². The highest BCUT2D eigenvalue weighted by Crippen LogP contribution is 2.20. The van der Waals surface area contributed by atoms with Gasteiger partial charge in [-0.2, -0.15) is 5.10 Å². The van der Waals surface area contributed by atoms with Gasteiger partial charge in [-0.3, -0.25) is 4.79 Å². The minimum atomic E-state index is -0.336. The number of carbonyl (C=O) groups is 2. The number of rotatable bonds is 7. The average Bonchev–Trinajstić information content (AvgIpc) is 3.34. The molecule has 0 saturated carbocycles. The van der Waals surface area contributed by atoms with Crippen molar-refractivity contribution in [1.82, 2.24) is 19.5 Å². The maximum Gasteiger partial charge on any atom is 0.338 e. The maximum absolute atomic E-state index is 12.3. The van der Waals surface area contributed by atoms with Crippen LogP contribution in [0.4, 0.5) is 0 Å². The number of carbonyl (C=O) groups excluding carboxylic acids is 2. The molecule has 0 aliphatic carbocycles. The molecule has 0 aliphatic rings. The van der Waals surface area contributed by atoms with Crippen molar-refractivity contribution in [2.75, 3.05) is 6.61 Å². The number of hydrogen-bond acceptors (Lipinski definition) is 5. The van der Waals surface area contributed by atoms with E-state index in [1.165, 1.54) is 0 Å². The van der Waals surface area contributed by atoms with Gasteiger partial charge in [0.2, 0.25) is 0 Å². The predicted molar refractivity (Wildman–Crippen MR) is 127 cm³/mol. The molecule has 0 saturated heterocycles. The molecule has 33 heavy (non-hydrogen) atoms. The largest absolute Gasteiger partial charge is 0.462 e. The maximum atomic E-state index is 12.3. The van der Waals surface area contributed by atoms with Crippen LogP contribution in [0.25, 0.3) is 16.7 Å². The fraction of sp³-hybridized carbons (Fsp3) is 0.200. The fourth-order valence-corrected chi connectivity index (χ4v) is 3.78. The zero-order valence-corrected chi connectivity index (χ0v) is 18.8. The standard InChI is InChI=1S/C25H25N5O3/c1-4-33-25(32)19-9-11-21(12-10-19)30-17(2)13-20(18(30)3)14-27-28-24(31)15-29-16-26-22-7-5-6-8-23(22)29/h5-14,16H,4,15H2,1-3H3,(H,28,31)/b27-14-. The van der Waals surface area contributed by atoms with Crippen LogP contribution in [0.15, 0.2) is 66.0 Å². The number of fused-ring (bicyclic) bond motifs is 1. The molecular formula is C25H25N5O3. The lowest BCUT2D eigenvalue weighted by Gasteiger charge is -2.10. The number of ether oxygens (including phenoxy) is 1. The molecule has 0 fully saturated rings. The van der Waals surface area contributed by atoms with Gasteiger partial charge in [0.05, 0.1) is 35.7 Å². The molecule has 0 unspecified atom stereocenters. The summed E-state index contributed by atoms with van der Waals surface area (Å²) in [5.41, 5.74) is 8.62. The van der Waals surface area contributed by atoms with Crippen molar-refractivity contribution in [3.63, 3.8) is 0 Å². The van der Waals surface area contributed by atoms with Crippen molar-refractivity contribution < 1.29 is 14.3 Å². The highest BCUT2D eigenvalue weighted by atomic mass is 16.5. The zero-order chi connectivity index (χ0) is 23.4. The minimum absolute atomic E-state index is 0.129. The van der Waals surface area contributed by atoms with Crippen LogP contribution in [0.3, 0.4) is 0 Å². The van der Waals surface area contributed by atoms with E-state index in [0.29, 0.717) is 12.2 Å². The highest BCUT2D eigenvalue weighted by Gasteiger charge is 2.12. The number of nitrogens with zero attached hydrogens (tertiary/aromatic N) is 4. The first kappa shape index (κ1) is 22.0. The van der Waals surface area contributed by atoms with Crippen LogP contribution in [0.5, 0.6) is 0 Å². The number of amides is 1. The minimum Gasteiger partial charge on any atom is -0.462 e. The molecule has 2 aromatic heterocycles. The lowest BCUT2D eigenvalue weighted by Crippen LogP contribution is -2.22. The molecule has 1 N–H and O–H groups in total. The number of nitrogens with one attached hydrogen (secondary N) is 1. The monoisotopic (exact) mass is 443 g/mol. The summed E-state index contributed by atoms with van der Waals surface area (Å²) in [5, 5.41) is 4.14. The van der Waals surface area contributed by atoms with Gasteiger partial charge in [0.25, 0.3) is 5.91 Å². The van der Waals surface area contributed by atoms with E-state index in [1.54, 1.807) is 36.2 Å². The number of aryl methyl sites for hydroxylation is 1. The van der Waals surface area contributed by atoms with Gasteiger partial charge in [-0.25, -0.2) is 15.2 Å². The second kappa shape index (κ2) is 9.52. The summed E-state index contributed by atoms with van der Waals surface area (Å²) >= 11 is 0. The van der Waals surface area contributed by atoms with E-state index in [9.17, 15) is 9.59 Å². The molecule has 0 aliphatic heterocycles. The van der Waals surface area contributed by atoms with E-state index in [-0.39, 0.29) is 18.4 Å².